The summed E-state index contributed by atoms with van der Waals surface area (Å²) in [4.78, 5) is 0.159. The molecule has 1 aromatic rings. The number of halogens is 1. The van der Waals surface area contributed by atoms with Crippen molar-refractivity contribution in [1.29, 1.82) is 0 Å². The SMILES string of the molecule is CC(C)N(CC1CCNCC1)S(=O)(=O)c1ccc(F)cc1. The number of piperidine rings is 1. The summed E-state index contributed by atoms with van der Waals surface area (Å²) in [5.41, 5.74) is 0. The van der Waals surface area contributed by atoms with E-state index in [2.05, 4.69) is 5.32 Å². The van der Waals surface area contributed by atoms with Crippen LogP contribution in [0.4, 0.5) is 4.39 Å². The van der Waals surface area contributed by atoms with Gasteiger partial charge in [-0.3, -0.25) is 0 Å². The van der Waals surface area contributed by atoms with Gasteiger partial charge in [-0.05, 0) is 70.0 Å². The van der Waals surface area contributed by atoms with Gasteiger partial charge >= 0.3 is 0 Å². The summed E-state index contributed by atoms with van der Waals surface area (Å²) in [6, 6.07) is 4.94. The zero-order chi connectivity index (χ0) is 15.5. The highest BCUT2D eigenvalue weighted by molar-refractivity contribution is 7.89. The number of rotatable bonds is 5. The molecule has 21 heavy (non-hydrogen) atoms. The van der Waals surface area contributed by atoms with E-state index in [1.165, 1.54) is 28.6 Å². The summed E-state index contributed by atoms with van der Waals surface area (Å²) < 4.78 is 40.0. The Balaban J connectivity index is 2.21. The number of nitrogens with zero attached hydrogens (tertiary/aromatic N) is 1. The molecule has 0 aromatic heterocycles. The molecule has 4 nitrogen and oxygen atoms in total. The highest BCUT2D eigenvalue weighted by atomic mass is 32.2. The van der Waals surface area contributed by atoms with Crippen LogP contribution in [0.15, 0.2) is 29.2 Å². The lowest BCUT2D eigenvalue weighted by molar-refractivity contribution is 0.261. The van der Waals surface area contributed by atoms with Crippen molar-refractivity contribution in [3.8, 4) is 0 Å². The highest BCUT2D eigenvalue weighted by Crippen LogP contribution is 2.23. The molecule has 0 aliphatic carbocycles. The molecule has 0 atom stereocenters. The predicted molar refractivity (Wildman–Crippen MR) is 81.0 cm³/mol. The van der Waals surface area contributed by atoms with E-state index in [1.54, 1.807) is 0 Å². The van der Waals surface area contributed by atoms with Gasteiger partial charge in [-0.25, -0.2) is 12.8 Å². The van der Waals surface area contributed by atoms with E-state index < -0.39 is 15.8 Å². The lowest BCUT2D eigenvalue weighted by atomic mass is 9.98. The summed E-state index contributed by atoms with van der Waals surface area (Å²) in [6.45, 7) is 6.16. The van der Waals surface area contributed by atoms with Gasteiger partial charge in [0.2, 0.25) is 10.0 Å². The summed E-state index contributed by atoms with van der Waals surface area (Å²) >= 11 is 0. The van der Waals surface area contributed by atoms with Gasteiger partial charge in [-0.2, -0.15) is 4.31 Å². The van der Waals surface area contributed by atoms with Crippen molar-refractivity contribution in [2.24, 2.45) is 5.92 Å². The number of hydrogen-bond donors (Lipinski definition) is 1. The molecular weight excluding hydrogens is 291 g/mol. The Morgan fingerprint density at radius 2 is 1.81 bits per heavy atom. The molecule has 6 heteroatoms. The van der Waals surface area contributed by atoms with E-state index in [0.717, 1.165) is 25.9 Å². The molecule has 0 bridgehead atoms. The van der Waals surface area contributed by atoms with Crippen LogP contribution in [0.1, 0.15) is 26.7 Å². The Hall–Kier alpha value is -0.980. The number of nitrogens with one attached hydrogen (secondary N) is 1. The normalized spacial score (nSPS) is 17.6. The molecule has 0 amide bonds. The monoisotopic (exact) mass is 314 g/mol. The lowest BCUT2D eigenvalue weighted by Crippen LogP contribution is -2.42. The first kappa shape index (κ1) is 16.4. The van der Waals surface area contributed by atoms with Crippen LogP contribution >= 0.6 is 0 Å². The Morgan fingerprint density at radius 3 is 2.33 bits per heavy atom. The van der Waals surface area contributed by atoms with Crippen molar-refractivity contribution in [2.45, 2.75) is 37.6 Å². The zero-order valence-corrected chi connectivity index (χ0v) is 13.4. The smallest absolute Gasteiger partial charge is 0.243 e. The molecule has 0 radical (unpaired) electrons. The molecule has 118 valence electrons. The average molecular weight is 314 g/mol. The molecule has 1 aromatic carbocycles. The molecule has 0 spiro atoms. The number of hydrogen-bond acceptors (Lipinski definition) is 3. The minimum Gasteiger partial charge on any atom is -0.317 e. The van der Waals surface area contributed by atoms with Crippen LogP contribution in [0.3, 0.4) is 0 Å². The van der Waals surface area contributed by atoms with Crippen molar-refractivity contribution in [3.63, 3.8) is 0 Å². The maximum atomic E-state index is 13.0. The van der Waals surface area contributed by atoms with Gasteiger partial charge in [-0.1, -0.05) is 0 Å². The third-order valence-electron chi connectivity index (χ3n) is 3.89. The number of sulfonamides is 1. The van der Waals surface area contributed by atoms with Gasteiger partial charge in [-0.15, -0.1) is 0 Å². The van der Waals surface area contributed by atoms with Gasteiger partial charge in [0.05, 0.1) is 4.90 Å². The van der Waals surface area contributed by atoms with Crippen LogP contribution < -0.4 is 5.32 Å². The molecule has 1 saturated heterocycles. The van der Waals surface area contributed by atoms with Crippen LogP contribution in [-0.2, 0) is 10.0 Å². The van der Waals surface area contributed by atoms with Crippen molar-refractivity contribution >= 4 is 10.0 Å². The van der Waals surface area contributed by atoms with Crippen molar-refractivity contribution in [1.82, 2.24) is 9.62 Å². The largest absolute Gasteiger partial charge is 0.317 e. The van der Waals surface area contributed by atoms with E-state index in [1.807, 2.05) is 13.8 Å². The Bertz CT molecular complexity index is 552. The van der Waals surface area contributed by atoms with Crippen molar-refractivity contribution in [3.05, 3.63) is 30.1 Å². The molecule has 1 aliphatic rings. The molecule has 1 fully saturated rings. The Morgan fingerprint density at radius 1 is 1.24 bits per heavy atom. The standard InChI is InChI=1S/C15H23FN2O2S/c1-12(2)18(11-13-7-9-17-10-8-13)21(19,20)15-5-3-14(16)4-6-15/h3-6,12-13,17H,7-11H2,1-2H3. The molecule has 0 saturated carbocycles. The van der Waals surface area contributed by atoms with Gasteiger partial charge in [0.15, 0.2) is 0 Å². The summed E-state index contributed by atoms with van der Waals surface area (Å²) in [7, 11) is -3.57. The molecule has 1 heterocycles. The quantitative estimate of drug-likeness (QED) is 0.906. The summed E-state index contributed by atoms with van der Waals surface area (Å²) in [6.07, 6.45) is 1.98. The fraction of sp³-hybridized carbons (Fsp3) is 0.600. The second-order valence-corrected chi connectivity index (χ2v) is 7.71. The average Bonchev–Trinajstić information content (AvgIpc) is 2.46. The second-order valence-electron chi connectivity index (χ2n) is 5.82. The fourth-order valence-corrected chi connectivity index (χ4v) is 4.36. The summed E-state index contributed by atoms with van der Waals surface area (Å²) in [5.74, 6) is -0.0488. The van der Waals surface area contributed by atoms with Crippen LogP contribution in [0.25, 0.3) is 0 Å². The summed E-state index contributed by atoms with van der Waals surface area (Å²) in [5, 5.41) is 3.28. The molecule has 1 aliphatic heterocycles. The van der Waals surface area contributed by atoms with E-state index in [9.17, 15) is 12.8 Å². The molecular formula is C15H23FN2O2S. The van der Waals surface area contributed by atoms with E-state index in [-0.39, 0.29) is 10.9 Å². The third-order valence-corrected chi connectivity index (χ3v) is 5.95. The second kappa shape index (κ2) is 6.85. The first-order valence-corrected chi connectivity index (χ1v) is 8.83. The van der Waals surface area contributed by atoms with Crippen molar-refractivity contribution < 1.29 is 12.8 Å². The topological polar surface area (TPSA) is 49.4 Å². The maximum absolute atomic E-state index is 13.0. The van der Waals surface area contributed by atoms with Crippen LogP contribution in [-0.4, -0.2) is 38.4 Å². The molecule has 0 unspecified atom stereocenters. The zero-order valence-electron chi connectivity index (χ0n) is 12.5. The third kappa shape index (κ3) is 4.02. The predicted octanol–water partition coefficient (Wildman–Crippen LogP) is 2.22. The van der Waals surface area contributed by atoms with Crippen molar-refractivity contribution in [2.75, 3.05) is 19.6 Å². The minimum absolute atomic E-state index is 0.116. The Kier molecular flexibility index (Phi) is 5.35. The molecule has 2 rings (SSSR count). The lowest BCUT2D eigenvalue weighted by Gasteiger charge is -2.32. The molecule has 1 N–H and O–H groups in total. The van der Waals surface area contributed by atoms with Crippen LogP contribution in [0.2, 0.25) is 0 Å². The van der Waals surface area contributed by atoms with E-state index >= 15 is 0 Å². The van der Waals surface area contributed by atoms with Gasteiger partial charge < -0.3 is 5.32 Å². The van der Waals surface area contributed by atoms with E-state index in [4.69, 9.17) is 0 Å². The first-order valence-electron chi connectivity index (χ1n) is 7.39. The first-order chi connectivity index (χ1) is 9.91. The maximum Gasteiger partial charge on any atom is 0.243 e. The Labute approximate surface area is 126 Å². The number of benzene rings is 1. The van der Waals surface area contributed by atoms with Gasteiger partial charge in [0.1, 0.15) is 5.82 Å². The van der Waals surface area contributed by atoms with Gasteiger partial charge in [0, 0.05) is 12.6 Å². The van der Waals surface area contributed by atoms with Crippen LogP contribution in [0, 0.1) is 11.7 Å². The van der Waals surface area contributed by atoms with E-state index in [0.29, 0.717) is 12.5 Å². The highest BCUT2D eigenvalue weighted by Gasteiger charge is 2.29. The fourth-order valence-electron chi connectivity index (χ4n) is 2.65. The minimum atomic E-state index is -3.57. The van der Waals surface area contributed by atoms with Gasteiger partial charge in [0.25, 0.3) is 0 Å². The van der Waals surface area contributed by atoms with Crippen LogP contribution in [0.5, 0.6) is 0 Å².